The van der Waals surface area contributed by atoms with Gasteiger partial charge in [-0.1, -0.05) is 62.4 Å². The number of fused-ring (bicyclic) bond motifs is 7. The molecule has 0 bridgehead atoms. The predicted octanol–water partition coefficient (Wildman–Crippen LogP) is 7.95. The largest absolute Gasteiger partial charge is 0.308 e. The zero-order valence-electron chi connectivity index (χ0n) is 19.8. The molecule has 0 fully saturated rings. The van der Waals surface area contributed by atoms with Gasteiger partial charge in [0.2, 0.25) is 5.52 Å². The summed E-state index contributed by atoms with van der Waals surface area (Å²) < 4.78 is 4.76. The number of benzene rings is 4. The first-order valence-corrected chi connectivity index (χ1v) is 11.8. The minimum absolute atomic E-state index is 0.338. The number of aromatic nitrogens is 2. The third-order valence-corrected chi connectivity index (χ3v) is 7.67. The molecule has 0 unspecified atom stereocenters. The fourth-order valence-corrected chi connectivity index (χ4v) is 6.27. The molecule has 0 N–H and O–H groups in total. The fraction of sp³-hybridized carbons (Fsp3) is 0.161. The second-order valence-corrected chi connectivity index (χ2v) is 9.81. The first-order valence-electron chi connectivity index (χ1n) is 11.8. The molecule has 0 saturated heterocycles. The van der Waals surface area contributed by atoms with Gasteiger partial charge in [0.05, 0.1) is 28.4 Å². The Morgan fingerprint density at radius 3 is 2.38 bits per heavy atom. The minimum Gasteiger partial charge on any atom is -0.308 e. The van der Waals surface area contributed by atoms with Crippen LogP contribution in [0.15, 0.2) is 66.9 Å². The number of aryl methyl sites for hydroxylation is 2. The molecule has 34 heavy (non-hydrogen) atoms. The topological polar surface area (TPSA) is 12.7 Å². The number of rotatable bonds is 1. The zero-order chi connectivity index (χ0) is 23.3. The summed E-state index contributed by atoms with van der Waals surface area (Å²) in [5, 5.41) is 8.94. The van der Waals surface area contributed by atoms with Gasteiger partial charge in [-0.2, -0.15) is 0 Å². The first kappa shape index (κ1) is 19.3. The van der Waals surface area contributed by atoms with E-state index in [1.54, 1.807) is 0 Å². The third kappa shape index (κ3) is 2.18. The van der Waals surface area contributed by atoms with Crippen molar-refractivity contribution in [1.29, 1.82) is 0 Å². The lowest BCUT2D eigenvalue weighted by Crippen LogP contribution is -2.29. The monoisotopic (exact) mass is 438 g/mol. The molecule has 3 heterocycles. The highest BCUT2D eigenvalue weighted by atomic mass is 15.0. The first-order chi connectivity index (χ1) is 16.5. The average Bonchev–Trinajstić information content (AvgIpc) is 3.18. The Morgan fingerprint density at radius 2 is 1.62 bits per heavy atom. The molecule has 0 aliphatic heterocycles. The van der Waals surface area contributed by atoms with E-state index in [1.165, 1.54) is 65.4 Å². The normalized spacial score (nSPS) is 12.4. The van der Waals surface area contributed by atoms with E-state index in [9.17, 15) is 0 Å². The molecule has 3 aromatic heterocycles. The smallest absolute Gasteiger partial charge is 0.224 e. The Bertz CT molecular complexity index is 2020. The van der Waals surface area contributed by atoms with Crippen LogP contribution in [0.5, 0.6) is 0 Å². The molecular weight excluding hydrogens is 414 g/mol. The molecule has 0 saturated carbocycles. The standard InChI is InChI=1S/C31H24N3/c1-17(2)26-23-9-7-6-8-21(23)18(3)27-30-28-19(14-15-33(30)5)10-12-24-22-13-11-20(32-4)16-25(22)34(29(24)28)31(26)27/h6-17H,1-3,5H3/q+1. The lowest BCUT2D eigenvalue weighted by Gasteiger charge is -2.20. The second kappa shape index (κ2) is 6.46. The Kier molecular flexibility index (Phi) is 3.67. The number of nitrogens with zero attached hydrogens (tertiary/aromatic N) is 3. The van der Waals surface area contributed by atoms with E-state index in [1.807, 2.05) is 6.07 Å². The molecule has 162 valence electrons. The van der Waals surface area contributed by atoms with Crippen LogP contribution in [-0.4, -0.2) is 4.40 Å². The second-order valence-electron chi connectivity index (χ2n) is 9.81. The zero-order valence-corrected chi connectivity index (χ0v) is 19.8. The molecule has 7 rings (SSSR count). The van der Waals surface area contributed by atoms with Gasteiger partial charge in [-0.15, -0.1) is 0 Å². The maximum absolute atomic E-state index is 7.66. The van der Waals surface area contributed by atoms with Crippen LogP contribution in [0.4, 0.5) is 5.69 Å². The van der Waals surface area contributed by atoms with E-state index < -0.39 is 0 Å². The number of pyridine rings is 2. The summed E-state index contributed by atoms with van der Waals surface area (Å²) in [4.78, 5) is 3.77. The maximum Gasteiger partial charge on any atom is 0.224 e. The highest BCUT2D eigenvalue weighted by Gasteiger charge is 2.27. The van der Waals surface area contributed by atoms with Crippen molar-refractivity contribution in [3.8, 4) is 0 Å². The summed E-state index contributed by atoms with van der Waals surface area (Å²) in [6.45, 7) is 14.5. The maximum atomic E-state index is 7.66. The van der Waals surface area contributed by atoms with E-state index in [2.05, 4.69) is 102 Å². The van der Waals surface area contributed by atoms with Crippen molar-refractivity contribution in [2.24, 2.45) is 7.05 Å². The van der Waals surface area contributed by atoms with Gasteiger partial charge >= 0.3 is 0 Å². The van der Waals surface area contributed by atoms with Crippen LogP contribution in [0.25, 0.3) is 64.6 Å². The Morgan fingerprint density at radius 1 is 0.853 bits per heavy atom. The van der Waals surface area contributed by atoms with Crippen LogP contribution < -0.4 is 4.57 Å². The van der Waals surface area contributed by atoms with Gasteiger partial charge in [0.15, 0.2) is 11.9 Å². The summed E-state index contributed by atoms with van der Waals surface area (Å²) >= 11 is 0. The van der Waals surface area contributed by atoms with Gasteiger partial charge in [0.25, 0.3) is 0 Å². The molecule has 0 radical (unpaired) electrons. The molecule has 4 aromatic carbocycles. The van der Waals surface area contributed by atoms with Crippen LogP contribution in [0.1, 0.15) is 30.9 Å². The highest BCUT2D eigenvalue weighted by molar-refractivity contribution is 6.29. The summed E-state index contributed by atoms with van der Waals surface area (Å²) in [7, 11) is 2.16. The van der Waals surface area contributed by atoms with Gasteiger partial charge in [-0.05, 0) is 46.2 Å². The molecular formula is C31H24N3+. The average molecular weight is 439 g/mol. The van der Waals surface area contributed by atoms with E-state index >= 15 is 0 Å². The third-order valence-electron chi connectivity index (χ3n) is 7.67. The van der Waals surface area contributed by atoms with Gasteiger partial charge in [0, 0.05) is 22.4 Å². The van der Waals surface area contributed by atoms with Crippen LogP contribution in [0, 0.1) is 13.5 Å². The van der Waals surface area contributed by atoms with Gasteiger partial charge < -0.3 is 4.40 Å². The van der Waals surface area contributed by atoms with E-state index in [0.717, 1.165) is 5.52 Å². The molecule has 0 amide bonds. The van der Waals surface area contributed by atoms with Crippen molar-refractivity contribution in [1.82, 2.24) is 4.40 Å². The van der Waals surface area contributed by atoms with Gasteiger partial charge in [0.1, 0.15) is 7.05 Å². The Balaban J connectivity index is 2.00. The lowest BCUT2D eigenvalue weighted by molar-refractivity contribution is -0.643. The molecule has 7 aromatic rings. The van der Waals surface area contributed by atoms with E-state index in [0.29, 0.717) is 11.6 Å². The number of hydrogen-bond donors (Lipinski definition) is 0. The van der Waals surface area contributed by atoms with Crippen LogP contribution in [0.2, 0.25) is 0 Å². The quantitative estimate of drug-likeness (QED) is 0.107. The molecule has 0 aliphatic rings. The SMILES string of the molecule is [C-]#[N+]c1ccc2c3ccc4cc[n+](C)c5c6c(C)c7ccccc7c(C(C)C)c6n(c2c1)c3c45. The molecule has 0 spiro atoms. The van der Waals surface area contributed by atoms with Crippen molar-refractivity contribution < 1.29 is 4.57 Å². The molecule has 3 heteroatoms. The summed E-state index contributed by atoms with van der Waals surface area (Å²) in [5.74, 6) is 0.338. The minimum atomic E-state index is 0.338. The number of hydrogen-bond acceptors (Lipinski definition) is 0. The van der Waals surface area contributed by atoms with Crippen LogP contribution in [0.3, 0.4) is 0 Å². The lowest BCUT2D eigenvalue weighted by atomic mass is 9.88. The van der Waals surface area contributed by atoms with Crippen molar-refractivity contribution in [2.75, 3.05) is 0 Å². The van der Waals surface area contributed by atoms with Crippen molar-refractivity contribution in [3.05, 3.63) is 89.4 Å². The molecule has 0 aliphatic carbocycles. The van der Waals surface area contributed by atoms with Crippen LogP contribution in [-0.2, 0) is 7.05 Å². The summed E-state index contributed by atoms with van der Waals surface area (Å²) in [6.07, 6.45) is 2.19. The van der Waals surface area contributed by atoms with Crippen molar-refractivity contribution >= 4 is 65.5 Å². The summed E-state index contributed by atoms with van der Waals surface area (Å²) in [5.41, 5.74) is 8.28. The van der Waals surface area contributed by atoms with E-state index in [4.69, 9.17) is 6.57 Å². The Hall–Kier alpha value is -4.16. The van der Waals surface area contributed by atoms with Crippen LogP contribution >= 0.6 is 0 Å². The molecule has 0 atom stereocenters. The Labute approximate surface area is 197 Å². The van der Waals surface area contributed by atoms with Gasteiger partial charge in [-0.25, -0.2) is 9.41 Å². The molecule has 3 nitrogen and oxygen atoms in total. The predicted molar refractivity (Wildman–Crippen MR) is 142 cm³/mol. The highest BCUT2D eigenvalue weighted by Crippen LogP contribution is 2.45. The van der Waals surface area contributed by atoms with Gasteiger partial charge in [-0.3, -0.25) is 0 Å². The van der Waals surface area contributed by atoms with Crippen molar-refractivity contribution in [2.45, 2.75) is 26.7 Å². The van der Waals surface area contributed by atoms with Crippen molar-refractivity contribution in [3.63, 3.8) is 0 Å². The fourth-order valence-electron chi connectivity index (χ4n) is 6.27. The van der Waals surface area contributed by atoms with E-state index in [-0.39, 0.29) is 0 Å². The summed E-state index contributed by atoms with van der Waals surface area (Å²) in [6, 6.07) is 21.7.